The second-order valence-electron chi connectivity index (χ2n) is 9.21. The Kier molecular flexibility index (Phi) is 9.82. The van der Waals surface area contributed by atoms with E-state index in [1.165, 1.54) is 11.9 Å². The lowest BCUT2D eigenvalue weighted by atomic mass is 10.0. The van der Waals surface area contributed by atoms with Crippen LogP contribution in [0, 0.1) is 13.8 Å². The number of carbonyl (C=O) groups is 2. The minimum absolute atomic E-state index is 0.0189. The van der Waals surface area contributed by atoms with Crippen molar-refractivity contribution in [2.24, 2.45) is 0 Å². The fourth-order valence-electron chi connectivity index (χ4n) is 4.26. The molecule has 0 aliphatic carbocycles. The normalized spacial score (nSPS) is 12.1. The molecule has 0 aliphatic rings. The second-order valence-corrected chi connectivity index (χ2v) is 11.9. The van der Waals surface area contributed by atoms with E-state index in [9.17, 15) is 18.0 Å². The largest absolute Gasteiger partial charge is 0.357 e. The fourth-order valence-corrected chi connectivity index (χ4v) is 5.42. The van der Waals surface area contributed by atoms with Crippen molar-refractivity contribution in [2.45, 2.75) is 32.9 Å². The molecule has 10 heteroatoms. The number of hydrogen-bond acceptors (Lipinski definition) is 4. The van der Waals surface area contributed by atoms with Gasteiger partial charge >= 0.3 is 0 Å². The third kappa shape index (κ3) is 7.72. The van der Waals surface area contributed by atoms with Gasteiger partial charge in [0.2, 0.25) is 21.8 Å². The molecule has 3 rings (SSSR count). The van der Waals surface area contributed by atoms with Crippen LogP contribution in [0.15, 0.2) is 66.7 Å². The van der Waals surface area contributed by atoms with Crippen LogP contribution in [-0.4, -0.2) is 51.0 Å². The summed E-state index contributed by atoms with van der Waals surface area (Å²) in [4.78, 5) is 28.5. The van der Waals surface area contributed by atoms with Crippen molar-refractivity contribution in [3.05, 3.63) is 99.0 Å². The monoisotopic (exact) mass is 575 g/mol. The Balaban J connectivity index is 2.06. The minimum Gasteiger partial charge on any atom is -0.357 e. The number of anilines is 1. The van der Waals surface area contributed by atoms with Gasteiger partial charge in [-0.3, -0.25) is 13.9 Å². The number of amides is 2. The van der Waals surface area contributed by atoms with Crippen LogP contribution in [-0.2, 0) is 32.6 Å². The van der Waals surface area contributed by atoms with Crippen LogP contribution in [0.4, 0.5) is 5.69 Å². The molecule has 1 atom stereocenters. The van der Waals surface area contributed by atoms with E-state index in [1.807, 2.05) is 50.2 Å². The van der Waals surface area contributed by atoms with Crippen molar-refractivity contribution in [1.29, 1.82) is 0 Å². The van der Waals surface area contributed by atoms with E-state index in [0.717, 1.165) is 27.3 Å². The number of likely N-dealkylation sites (N-methyl/N-ethyl adjacent to an activating group) is 1. The summed E-state index contributed by atoms with van der Waals surface area (Å²) in [6.45, 7) is 3.25. The quantitative estimate of drug-likeness (QED) is 0.377. The smallest absolute Gasteiger partial charge is 0.244 e. The van der Waals surface area contributed by atoms with E-state index >= 15 is 0 Å². The number of benzene rings is 3. The summed E-state index contributed by atoms with van der Waals surface area (Å²) >= 11 is 12.3. The minimum atomic E-state index is -3.83. The number of nitrogens with one attached hydrogen (secondary N) is 1. The molecule has 0 radical (unpaired) electrons. The molecule has 0 aliphatic heterocycles. The van der Waals surface area contributed by atoms with Crippen molar-refractivity contribution >= 4 is 50.7 Å². The van der Waals surface area contributed by atoms with E-state index in [2.05, 4.69) is 5.32 Å². The van der Waals surface area contributed by atoms with Crippen LogP contribution in [0.5, 0.6) is 0 Å². The molecule has 0 spiro atoms. The van der Waals surface area contributed by atoms with Gasteiger partial charge in [-0.25, -0.2) is 8.42 Å². The molecular weight excluding hydrogens is 545 g/mol. The van der Waals surface area contributed by atoms with Gasteiger partial charge < -0.3 is 10.2 Å². The Morgan fingerprint density at radius 1 is 0.895 bits per heavy atom. The van der Waals surface area contributed by atoms with Crippen LogP contribution in [0.2, 0.25) is 10.0 Å². The predicted octanol–water partition coefficient (Wildman–Crippen LogP) is 4.76. The van der Waals surface area contributed by atoms with E-state index in [1.54, 1.807) is 30.3 Å². The molecule has 0 unspecified atom stereocenters. The molecule has 3 aromatic rings. The number of sulfonamides is 1. The van der Waals surface area contributed by atoms with Gasteiger partial charge in [-0.1, -0.05) is 65.7 Å². The third-order valence-electron chi connectivity index (χ3n) is 6.03. The first kappa shape index (κ1) is 29.5. The zero-order valence-electron chi connectivity index (χ0n) is 21.7. The highest BCUT2D eigenvalue weighted by Crippen LogP contribution is 2.26. The van der Waals surface area contributed by atoms with Gasteiger partial charge in [-0.2, -0.15) is 0 Å². The van der Waals surface area contributed by atoms with Gasteiger partial charge in [0.25, 0.3) is 0 Å². The number of nitrogens with zero attached hydrogens (tertiary/aromatic N) is 2. The summed E-state index contributed by atoms with van der Waals surface area (Å²) < 4.78 is 26.8. The van der Waals surface area contributed by atoms with Gasteiger partial charge in [-0.15, -0.1) is 0 Å². The molecule has 0 saturated carbocycles. The van der Waals surface area contributed by atoms with Crippen LogP contribution < -0.4 is 9.62 Å². The number of aryl methyl sites for hydroxylation is 2. The predicted molar refractivity (Wildman–Crippen MR) is 153 cm³/mol. The van der Waals surface area contributed by atoms with Gasteiger partial charge in [0.1, 0.15) is 12.6 Å². The molecule has 2 amide bonds. The fraction of sp³-hybridized carbons (Fsp3) is 0.286. The Bertz CT molecular complexity index is 1390. The molecule has 0 heterocycles. The molecule has 3 aromatic carbocycles. The van der Waals surface area contributed by atoms with Gasteiger partial charge in [0.05, 0.1) is 22.0 Å². The van der Waals surface area contributed by atoms with Crippen LogP contribution in [0.3, 0.4) is 0 Å². The Morgan fingerprint density at radius 2 is 1.53 bits per heavy atom. The van der Waals surface area contributed by atoms with Crippen molar-refractivity contribution in [3.8, 4) is 0 Å². The number of hydrogen-bond donors (Lipinski definition) is 1. The third-order valence-corrected chi connectivity index (χ3v) is 7.91. The lowest BCUT2D eigenvalue weighted by Crippen LogP contribution is -2.52. The lowest BCUT2D eigenvalue weighted by molar-refractivity contribution is -0.139. The van der Waals surface area contributed by atoms with Crippen molar-refractivity contribution < 1.29 is 18.0 Å². The summed E-state index contributed by atoms with van der Waals surface area (Å²) in [7, 11) is -2.33. The van der Waals surface area contributed by atoms with Crippen LogP contribution in [0.25, 0.3) is 0 Å². The average Bonchev–Trinajstić information content (AvgIpc) is 2.85. The molecule has 0 bridgehead atoms. The Morgan fingerprint density at radius 3 is 2.08 bits per heavy atom. The molecule has 38 heavy (non-hydrogen) atoms. The van der Waals surface area contributed by atoms with E-state index in [-0.39, 0.29) is 18.9 Å². The Labute approximate surface area is 234 Å². The van der Waals surface area contributed by atoms with Crippen LogP contribution >= 0.6 is 23.2 Å². The highest BCUT2D eigenvalue weighted by Gasteiger charge is 2.32. The van der Waals surface area contributed by atoms with E-state index in [0.29, 0.717) is 21.3 Å². The zero-order valence-corrected chi connectivity index (χ0v) is 24.1. The van der Waals surface area contributed by atoms with E-state index in [4.69, 9.17) is 23.2 Å². The maximum atomic E-state index is 13.9. The number of carbonyl (C=O) groups excluding carboxylic acids is 2. The SMILES string of the molecule is CNC(=O)[C@@H](Cc1ccccc1)N(Cc1ccc(Cl)c(Cl)c1)C(=O)CN(c1cc(C)cc(C)c1)S(C)(=O)=O. The van der Waals surface area contributed by atoms with Crippen LogP contribution in [0.1, 0.15) is 22.3 Å². The molecule has 0 fully saturated rings. The van der Waals surface area contributed by atoms with Crippen molar-refractivity contribution in [1.82, 2.24) is 10.2 Å². The summed E-state index contributed by atoms with van der Waals surface area (Å²) in [6, 6.07) is 18.7. The second kappa shape index (κ2) is 12.7. The average molecular weight is 577 g/mol. The van der Waals surface area contributed by atoms with E-state index < -0.39 is 28.5 Å². The highest BCUT2D eigenvalue weighted by molar-refractivity contribution is 7.92. The summed E-state index contributed by atoms with van der Waals surface area (Å²) in [5, 5.41) is 3.31. The highest BCUT2D eigenvalue weighted by atomic mass is 35.5. The van der Waals surface area contributed by atoms with Gasteiger partial charge in [0.15, 0.2) is 0 Å². The zero-order chi connectivity index (χ0) is 28.0. The van der Waals surface area contributed by atoms with Crippen molar-refractivity contribution in [3.63, 3.8) is 0 Å². The van der Waals surface area contributed by atoms with Crippen molar-refractivity contribution in [2.75, 3.05) is 24.2 Å². The maximum absolute atomic E-state index is 13.9. The van der Waals surface area contributed by atoms with Gasteiger partial charge in [-0.05, 0) is 60.4 Å². The first-order valence-electron chi connectivity index (χ1n) is 11.9. The summed E-state index contributed by atoms with van der Waals surface area (Å²) in [5.41, 5.74) is 3.60. The first-order chi connectivity index (χ1) is 17.9. The maximum Gasteiger partial charge on any atom is 0.244 e. The molecule has 202 valence electrons. The number of halogens is 2. The Hall–Kier alpha value is -3.07. The molecule has 7 nitrogen and oxygen atoms in total. The molecule has 0 aromatic heterocycles. The first-order valence-corrected chi connectivity index (χ1v) is 14.5. The number of rotatable bonds is 10. The van der Waals surface area contributed by atoms with Gasteiger partial charge in [0, 0.05) is 20.0 Å². The molecule has 1 N–H and O–H groups in total. The lowest BCUT2D eigenvalue weighted by Gasteiger charge is -2.33. The summed E-state index contributed by atoms with van der Waals surface area (Å²) in [6.07, 6.45) is 1.29. The molecular formula is C28H31Cl2N3O4S. The topological polar surface area (TPSA) is 86.8 Å². The summed E-state index contributed by atoms with van der Waals surface area (Å²) in [5.74, 6) is -0.912. The standard InChI is InChI=1S/C28H31Cl2N3O4S/c1-19-12-20(2)14-23(13-19)33(38(4,36)37)18-27(34)32(17-22-10-11-24(29)25(30)15-22)26(28(35)31-3)16-21-8-6-5-7-9-21/h5-15,26H,16-18H2,1-4H3,(H,31,35)/t26-/m1/s1. The molecule has 0 saturated heterocycles.